The smallest absolute Gasteiger partial charge is 0.164 e. The van der Waals surface area contributed by atoms with Gasteiger partial charge in [-0.2, -0.15) is 0 Å². The van der Waals surface area contributed by atoms with Gasteiger partial charge in [0, 0.05) is 43.8 Å². The van der Waals surface area contributed by atoms with E-state index in [2.05, 4.69) is 58.5 Å². The van der Waals surface area contributed by atoms with Crippen molar-refractivity contribution < 1.29 is 18.9 Å². The van der Waals surface area contributed by atoms with Crippen molar-refractivity contribution in [1.82, 2.24) is 39.9 Å². The Bertz CT molecular complexity index is 2610. The van der Waals surface area contributed by atoms with Gasteiger partial charge in [-0.25, -0.2) is 29.9 Å². The van der Waals surface area contributed by atoms with Crippen LogP contribution in [0.25, 0.3) is 89.7 Å². The van der Waals surface area contributed by atoms with Gasteiger partial charge >= 0.3 is 0 Å². The van der Waals surface area contributed by atoms with Gasteiger partial charge in [0.15, 0.2) is 23.3 Å². The second-order valence-electron chi connectivity index (χ2n) is 14.2. The van der Waals surface area contributed by atoms with E-state index in [1.165, 1.54) is 0 Å². The van der Waals surface area contributed by atoms with Crippen LogP contribution in [0.5, 0.6) is 0 Å². The topological polar surface area (TPSA) is 146 Å². The zero-order valence-corrected chi connectivity index (χ0v) is 27.6. The molecular formula is C40H26N8O4. The molecule has 0 atom stereocenters. The summed E-state index contributed by atoms with van der Waals surface area (Å²) in [6, 6.07) is 17.3. The van der Waals surface area contributed by atoms with E-state index in [0.29, 0.717) is 98.7 Å². The van der Waals surface area contributed by atoms with Crippen LogP contribution < -0.4 is 0 Å². The number of rotatable bonds is 0. The minimum absolute atomic E-state index is 0.556. The SMILES string of the molecule is c1c2c(cc3c1-c1nc-3nc3[nH]c(nc4nc(nc5[nH]c(n1)c1cc6c(cc51)COC6)-c1cc5c(cc1-4)COC5)c1cc4c(cc31)COC4)COC2. The molecule has 6 aliphatic heterocycles. The Labute approximate surface area is 293 Å². The van der Waals surface area contributed by atoms with E-state index < -0.39 is 0 Å². The van der Waals surface area contributed by atoms with Gasteiger partial charge in [0.1, 0.15) is 22.6 Å². The lowest BCUT2D eigenvalue weighted by Crippen LogP contribution is -1.88. The Balaban J connectivity index is 1.21. The number of nitrogens with one attached hydrogen (secondary N) is 2. The molecule has 0 unspecified atom stereocenters. The molecular weight excluding hydrogens is 656 g/mol. The number of aromatic nitrogens is 8. The monoisotopic (exact) mass is 682 g/mol. The number of hydrogen-bond donors (Lipinski definition) is 2. The highest BCUT2D eigenvalue weighted by molar-refractivity contribution is 6.07. The molecule has 0 fully saturated rings. The summed E-state index contributed by atoms with van der Waals surface area (Å²) in [4.78, 5) is 38.4. The number of nitrogens with zero attached hydrogens (tertiary/aromatic N) is 6. The quantitative estimate of drug-likeness (QED) is 0.172. The van der Waals surface area contributed by atoms with E-state index in [0.717, 1.165) is 88.3 Å². The second-order valence-corrected chi connectivity index (χ2v) is 14.2. The molecule has 250 valence electrons. The molecule has 0 amide bonds. The first kappa shape index (κ1) is 27.8. The average Bonchev–Trinajstić information content (AvgIpc) is 4.01. The molecule has 0 saturated heterocycles. The minimum Gasteiger partial charge on any atom is -0.372 e. The van der Waals surface area contributed by atoms with Crippen LogP contribution in [0, 0.1) is 0 Å². The van der Waals surface area contributed by atoms with Crippen LogP contribution in [0.4, 0.5) is 0 Å². The lowest BCUT2D eigenvalue weighted by Gasteiger charge is -2.03. The summed E-state index contributed by atoms with van der Waals surface area (Å²) in [6.45, 7) is 4.46. The molecule has 9 heterocycles. The fourth-order valence-corrected chi connectivity index (χ4v) is 8.49. The van der Waals surface area contributed by atoms with Gasteiger partial charge in [0.05, 0.1) is 52.9 Å². The normalized spacial score (nSPS) is 16.3. The van der Waals surface area contributed by atoms with Crippen LogP contribution in [-0.2, 0) is 71.8 Å². The zero-order chi connectivity index (χ0) is 33.7. The third-order valence-corrected chi connectivity index (χ3v) is 11.2. The van der Waals surface area contributed by atoms with Crippen molar-refractivity contribution in [2.75, 3.05) is 0 Å². The third-order valence-electron chi connectivity index (χ3n) is 11.2. The van der Waals surface area contributed by atoms with Gasteiger partial charge in [0.2, 0.25) is 0 Å². The highest BCUT2D eigenvalue weighted by Gasteiger charge is 2.28. The maximum absolute atomic E-state index is 5.84. The Morgan fingerprint density at radius 2 is 0.538 bits per heavy atom. The van der Waals surface area contributed by atoms with Crippen LogP contribution >= 0.6 is 0 Å². The van der Waals surface area contributed by atoms with Gasteiger partial charge in [-0.1, -0.05) is 0 Å². The lowest BCUT2D eigenvalue weighted by molar-refractivity contribution is 0.134. The van der Waals surface area contributed by atoms with Gasteiger partial charge in [-0.15, -0.1) is 0 Å². The van der Waals surface area contributed by atoms with Crippen LogP contribution in [0.1, 0.15) is 44.5 Å². The molecule has 13 rings (SSSR count). The minimum atomic E-state index is 0.556. The Hall–Kier alpha value is -5.92. The lowest BCUT2D eigenvalue weighted by atomic mass is 10.0. The molecule has 12 nitrogen and oxygen atoms in total. The largest absolute Gasteiger partial charge is 0.372 e. The summed E-state index contributed by atoms with van der Waals surface area (Å²) in [7, 11) is 0. The molecule has 0 aliphatic carbocycles. The summed E-state index contributed by atoms with van der Waals surface area (Å²) >= 11 is 0. The fraction of sp³-hybridized carbons (Fsp3) is 0.200. The average molecular weight is 683 g/mol. The first-order valence-corrected chi connectivity index (χ1v) is 17.4. The van der Waals surface area contributed by atoms with E-state index in [1.54, 1.807) is 0 Å². The van der Waals surface area contributed by atoms with E-state index in [9.17, 15) is 0 Å². The Morgan fingerprint density at radius 1 is 0.308 bits per heavy atom. The van der Waals surface area contributed by atoms with Crippen molar-refractivity contribution >= 4 is 44.1 Å². The van der Waals surface area contributed by atoms with Gasteiger partial charge in [0.25, 0.3) is 0 Å². The van der Waals surface area contributed by atoms with Crippen LogP contribution in [0.3, 0.4) is 0 Å². The molecule has 52 heavy (non-hydrogen) atoms. The third kappa shape index (κ3) is 3.83. The first-order valence-electron chi connectivity index (χ1n) is 17.4. The number of fused-ring (bicyclic) bond motifs is 24. The van der Waals surface area contributed by atoms with Crippen molar-refractivity contribution in [3.8, 4) is 45.6 Å². The maximum atomic E-state index is 5.84. The molecule has 12 heteroatoms. The van der Waals surface area contributed by atoms with E-state index in [4.69, 9.17) is 48.9 Å². The standard InChI is InChI=1S/C40H26N8O4/c1-17-9-49-10-18(17)2-26-25(1)33-41-34(26)46-36-29-5-21-13-51-14-22(21)6-30(29)38(43-36)48-40-32-8-24-16-52-15-23(24)7-31(32)39(44-40)47-37-28-4-20-12-50-11-19(20)3-27(28)35(42-37)45-33/h1-8H,9-16H2,(H2,41,42,43,44,45,46,47,48). The van der Waals surface area contributed by atoms with Crippen molar-refractivity contribution in [1.29, 1.82) is 0 Å². The van der Waals surface area contributed by atoms with Crippen LogP contribution in [0.2, 0.25) is 0 Å². The summed E-state index contributed by atoms with van der Waals surface area (Å²) in [5.74, 6) is 2.30. The van der Waals surface area contributed by atoms with E-state index in [1.807, 2.05) is 0 Å². The predicted octanol–water partition coefficient (Wildman–Crippen LogP) is 6.99. The highest BCUT2D eigenvalue weighted by atomic mass is 16.5. The Morgan fingerprint density at radius 3 is 0.788 bits per heavy atom. The molecule has 3 aromatic heterocycles. The van der Waals surface area contributed by atoms with Crippen molar-refractivity contribution in [2.45, 2.75) is 52.9 Å². The number of aromatic amines is 2. The molecule has 2 N–H and O–H groups in total. The number of benzene rings is 4. The summed E-state index contributed by atoms with van der Waals surface area (Å²) in [5, 5.41) is 3.77. The summed E-state index contributed by atoms with van der Waals surface area (Å²) in [6.07, 6.45) is 0. The molecule has 4 aromatic carbocycles. The summed E-state index contributed by atoms with van der Waals surface area (Å²) < 4.78 is 23.4. The first-order chi connectivity index (χ1) is 25.7. The van der Waals surface area contributed by atoms with E-state index >= 15 is 0 Å². The zero-order valence-electron chi connectivity index (χ0n) is 27.6. The second kappa shape index (κ2) is 9.90. The van der Waals surface area contributed by atoms with Crippen LogP contribution in [0.15, 0.2) is 48.5 Å². The molecule has 0 radical (unpaired) electrons. The van der Waals surface area contributed by atoms with Gasteiger partial charge in [-0.3, -0.25) is 0 Å². The fourth-order valence-electron chi connectivity index (χ4n) is 8.49. The predicted molar refractivity (Wildman–Crippen MR) is 190 cm³/mol. The molecule has 8 bridgehead atoms. The number of H-pyrrole nitrogens is 2. The van der Waals surface area contributed by atoms with E-state index in [-0.39, 0.29) is 0 Å². The van der Waals surface area contributed by atoms with Crippen molar-refractivity contribution in [3.05, 3.63) is 93.0 Å². The van der Waals surface area contributed by atoms with Crippen molar-refractivity contribution in [2.24, 2.45) is 0 Å². The van der Waals surface area contributed by atoms with Crippen molar-refractivity contribution in [3.63, 3.8) is 0 Å². The highest BCUT2D eigenvalue weighted by Crippen LogP contribution is 2.41. The number of ether oxygens (including phenoxy) is 4. The Kier molecular flexibility index (Phi) is 5.28. The van der Waals surface area contributed by atoms with Gasteiger partial charge in [-0.05, 0) is 93.0 Å². The molecule has 7 aromatic rings. The molecule has 0 saturated carbocycles. The maximum Gasteiger partial charge on any atom is 0.164 e. The molecule has 0 spiro atoms. The summed E-state index contributed by atoms with van der Waals surface area (Å²) in [5.41, 5.74) is 15.4. The van der Waals surface area contributed by atoms with Crippen LogP contribution in [-0.4, -0.2) is 39.9 Å². The number of hydrogen-bond acceptors (Lipinski definition) is 10. The van der Waals surface area contributed by atoms with Gasteiger partial charge < -0.3 is 28.9 Å². The molecule has 6 aliphatic rings.